The summed E-state index contributed by atoms with van der Waals surface area (Å²) in [6, 6.07) is 7.53. The Bertz CT molecular complexity index is 390. The fraction of sp³-hybridized carbons (Fsp3) is 0.571. The van der Waals surface area contributed by atoms with Gasteiger partial charge in [-0.2, -0.15) is 0 Å². The van der Waals surface area contributed by atoms with Crippen LogP contribution in [0.25, 0.3) is 0 Å². The molecule has 1 atom stereocenters. The highest BCUT2D eigenvalue weighted by atomic mass is 16.5. The predicted octanol–water partition coefficient (Wildman–Crippen LogP) is 2.39. The zero-order valence-corrected chi connectivity index (χ0v) is 10.8. The van der Waals surface area contributed by atoms with E-state index in [1.165, 1.54) is 0 Å². The van der Waals surface area contributed by atoms with Crippen LogP contribution in [-0.4, -0.2) is 34.8 Å². The van der Waals surface area contributed by atoms with Crippen LogP contribution in [-0.2, 0) is 11.3 Å². The summed E-state index contributed by atoms with van der Waals surface area (Å²) < 4.78 is 5.87. The number of hydrogen-bond donors (Lipinski definition) is 1. The van der Waals surface area contributed by atoms with Crippen molar-refractivity contribution < 1.29 is 9.84 Å². The average molecular weight is 235 g/mol. The van der Waals surface area contributed by atoms with Gasteiger partial charge in [-0.25, -0.2) is 0 Å². The highest BCUT2D eigenvalue weighted by Gasteiger charge is 2.31. The number of aromatic hydroxyl groups is 1. The van der Waals surface area contributed by atoms with Gasteiger partial charge in [0.05, 0.1) is 11.7 Å². The van der Waals surface area contributed by atoms with Crippen molar-refractivity contribution in [3.05, 3.63) is 29.8 Å². The molecule has 1 N–H and O–H groups in total. The van der Waals surface area contributed by atoms with Crippen LogP contribution in [0, 0.1) is 0 Å². The number of morpholine rings is 1. The molecule has 0 spiro atoms. The van der Waals surface area contributed by atoms with Crippen molar-refractivity contribution in [2.45, 2.75) is 39.0 Å². The van der Waals surface area contributed by atoms with Crippen molar-refractivity contribution in [1.29, 1.82) is 0 Å². The molecule has 3 nitrogen and oxygen atoms in total. The molecular formula is C14H21NO2. The summed E-state index contributed by atoms with van der Waals surface area (Å²) in [5, 5.41) is 9.78. The molecule has 1 heterocycles. The first kappa shape index (κ1) is 12.4. The third kappa shape index (κ3) is 3.20. The third-order valence-corrected chi connectivity index (χ3v) is 3.03. The van der Waals surface area contributed by atoms with Crippen LogP contribution in [0.3, 0.4) is 0 Å². The first-order valence-electron chi connectivity index (χ1n) is 6.13. The monoisotopic (exact) mass is 235 g/mol. The molecule has 0 saturated carbocycles. The minimum absolute atomic E-state index is 0.109. The van der Waals surface area contributed by atoms with Crippen LogP contribution in [0.2, 0.25) is 0 Å². The number of rotatable bonds is 2. The molecule has 0 aliphatic carbocycles. The van der Waals surface area contributed by atoms with Gasteiger partial charge in [0.1, 0.15) is 5.75 Å². The van der Waals surface area contributed by atoms with Crippen molar-refractivity contribution in [2.24, 2.45) is 0 Å². The van der Waals surface area contributed by atoms with E-state index in [1.54, 1.807) is 6.07 Å². The predicted molar refractivity (Wildman–Crippen MR) is 68.0 cm³/mol. The molecule has 1 aromatic rings. The molecule has 2 rings (SSSR count). The number of nitrogens with zero attached hydrogens (tertiary/aromatic N) is 1. The van der Waals surface area contributed by atoms with Gasteiger partial charge in [-0.3, -0.25) is 4.90 Å². The van der Waals surface area contributed by atoms with Gasteiger partial charge in [0, 0.05) is 25.2 Å². The maximum atomic E-state index is 9.78. The van der Waals surface area contributed by atoms with Gasteiger partial charge >= 0.3 is 0 Å². The molecule has 1 fully saturated rings. The van der Waals surface area contributed by atoms with Crippen molar-refractivity contribution in [3.63, 3.8) is 0 Å². The molecular weight excluding hydrogens is 214 g/mol. The summed E-state index contributed by atoms with van der Waals surface area (Å²) in [4.78, 5) is 2.34. The van der Waals surface area contributed by atoms with Gasteiger partial charge in [-0.15, -0.1) is 0 Å². The quantitative estimate of drug-likeness (QED) is 0.854. The van der Waals surface area contributed by atoms with E-state index < -0.39 is 0 Å². The average Bonchev–Trinajstić information content (AvgIpc) is 2.18. The molecule has 1 aliphatic heterocycles. The van der Waals surface area contributed by atoms with Gasteiger partial charge in [0.2, 0.25) is 0 Å². The van der Waals surface area contributed by atoms with Gasteiger partial charge in [0.15, 0.2) is 0 Å². The Morgan fingerprint density at radius 3 is 2.76 bits per heavy atom. The zero-order valence-electron chi connectivity index (χ0n) is 10.8. The first-order valence-corrected chi connectivity index (χ1v) is 6.13. The lowest BCUT2D eigenvalue weighted by molar-refractivity contribution is -0.130. The second-order valence-corrected chi connectivity index (χ2v) is 5.49. The number of benzene rings is 1. The molecule has 1 aromatic carbocycles. The normalized spacial score (nSPS) is 24.8. The van der Waals surface area contributed by atoms with Crippen molar-refractivity contribution >= 4 is 0 Å². The Balaban J connectivity index is 2.06. The molecule has 1 unspecified atom stereocenters. The van der Waals surface area contributed by atoms with Gasteiger partial charge in [-0.1, -0.05) is 18.2 Å². The third-order valence-electron chi connectivity index (χ3n) is 3.03. The zero-order chi connectivity index (χ0) is 12.5. The van der Waals surface area contributed by atoms with E-state index in [2.05, 4.69) is 25.7 Å². The number of phenols is 1. The van der Waals surface area contributed by atoms with E-state index in [0.717, 1.165) is 25.2 Å². The maximum Gasteiger partial charge on any atom is 0.120 e. The fourth-order valence-corrected chi connectivity index (χ4v) is 2.59. The number of para-hydroxylation sites is 1. The largest absolute Gasteiger partial charge is 0.508 e. The summed E-state index contributed by atoms with van der Waals surface area (Å²) >= 11 is 0. The molecule has 0 aromatic heterocycles. The second kappa shape index (κ2) is 4.67. The number of phenolic OH excluding ortho intramolecular Hbond substituents is 1. The standard InChI is InChI=1S/C14H21NO2/c1-11-8-15(10-14(2,3)17-11)9-12-6-4-5-7-13(12)16/h4-7,11,16H,8-10H2,1-3H3. The van der Waals surface area contributed by atoms with Crippen LogP contribution in [0.1, 0.15) is 26.3 Å². The van der Waals surface area contributed by atoms with E-state index in [1.807, 2.05) is 18.2 Å². The topological polar surface area (TPSA) is 32.7 Å². The molecule has 0 bridgehead atoms. The lowest BCUT2D eigenvalue weighted by Crippen LogP contribution is -2.51. The number of hydrogen-bond acceptors (Lipinski definition) is 3. The van der Waals surface area contributed by atoms with Gasteiger partial charge in [-0.05, 0) is 26.8 Å². The van der Waals surface area contributed by atoms with E-state index >= 15 is 0 Å². The Hall–Kier alpha value is -1.06. The smallest absolute Gasteiger partial charge is 0.120 e. The second-order valence-electron chi connectivity index (χ2n) is 5.49. The van der Waals surface area contributed by atoms with Crippen LogP contribution in [0.5, 0.6) is 5.75 Å². The van der Waals surface area contributed by atoms with Gasteiger partial charge in [0.25, 0.3) is 0 Å². The van der Waals surface area contributed by atoms with Crippen molar-refractivity contribution in [1.82, 2.24) is 4.90 Å². The molecule has 94 valence electrons. The van der Waals surface area contributed by atoms with E-state index in [9.17, 15) is 5.11 Å². The van der Waals surface area contributed by atoms with E-state index in [-0.39, 0.29) is 11.7 Å². The Labute approximate surface area is 103 Å². The van der Waals surface area contributed by atoms with Crippen molar-refractivity contribution in [3.8, 4) is 5.75 Å². The molecule has 1 saturated heterocycles. The minimum Gasteiger partial charge on any atom is -0.508 e. The van der Waals surface area contributed by atoms with Crippen LogP contribution >= 0.6 is 0 Å². The lowest BCUT2D eigenvalue weighted by atomic mass is 10.0. The van der Waals surface area contributed by atoms with Crippen LogP contribution in [0.15, 0.2) is 24.3 Å². The summed E-state index contributed by atoms with van der Waals surface area (Å²) in [7, 11) is 0. The summed E-state index contributed by atoms with van der Waals surface area (Å²) in [6.45, 7) is 8.91. The molecule has 3 heteroatoms. The Morgan fingerprint density at radius 1 is 1.41 bits per heavy atom. The van der Waals surface area contributed by atoms with Gasteiger partial charge < -0.3 is 9.84 Å². The molecule has 0 radical (unpaired) electrons. The summed E-state index contributed by atoms with van der Waals surface area (Å²) in [5.41, 5.74) is 0.875. The van der Waals surface area contributed by atoms with Crippen molar-refractivity contribution in [2.75, 3.05) is 13.1 Å². The summed E-state index contributed by atoms with van der Waals surface area (Å²) in [5.74, 6) is 0.379. The Kier molecular flexibility index (Phi) is 3.40. The van der Waals surface area contributed by atoms with E-state index in [4.69, 9.17) is 4.74 Å². The Morgan fingerprint density at radius 2 is 2.12 bits per heavy atom. The molecule has 1 aliphatic rings. The highest BCUT2D eigenvalue weighted by molar-refractivity contribution is 5.31. The fourth-order valence-electron chi connectivity index (χ4n) is 2.59. The minimum atomic E-state index is -0.109. The molecule has 17 heavy (non-hydrogen) atoms. The maximum absolute atomic E-state index is 9.78. The SMILES string of the molecule is CC1CN(Cc2ccccc2O)CC(C)(C)O1. The highest BCUT2D eigenvalue weighted by Crippen LogP contribution is 2.24. The summed E-state index contributed by atoms with van der Waals surface area (Å²) in [6.07, 6.45) is 0.240. The number of ether oxygens (including phenoxy) is 1. The first-order chi connectivity index (χ1) is 7.96. The van der Waals surface area contributed by atoms with Crippen LogP contribution < -0.4 is 0 Å². The van der Waals surface area contributed by atoms with E-state index in [0.29, 0.717) is 5.75 Å². The lowest BCUT2D eigenvalue weighted by Gasteiger charge is -2.41. The van der Waals surface area contributed by atoms with Crippen LogP contribution in [0.4, 0.5) is 0 Å². The molecule has 0 amide bonds.